The van der Waals surface area contributed by atoms with Gasteiger partial charge in [-0.05, 0) is 36.4 Å². The Hall–Kier alpha value is -1.60. The molecule has 84 valence electrons. The van der Waals surface area contributed by atoms with Crippen molar-refractivity contribution in [1.29, 1.82) is 0 Å². The highest BCUT2D eigenvalue weighted by Crippen LogP contribution is 2.18. The van der Waals surface area contributed by atoms with Crippen LogP contribution in [-0.4, -0.2) is 6.01 Å². The van der Waals surface area contributed by atoms with E-state index in [-0.39, 0.29) is 0 Å². The van der Waals surface area contributed by atoms with Crippen molar-refractivity contribution in [2.24, 2.45) is 9.98 Å². The lowest BCUT2D eigenvalue weighted by molar-refractivity contribution is 1.49. The highest BCUT2D eigenvalue weighted by molar-refractivity contribution is 6.31. The Morgan fingerprint density at radius 2 is 1.24 bits per heavy atom. The molecule has 0 aliphatic rings. The first-order valence-corrected chi connectivity index (χ1v) is 5.67. The molecule has 2 aromatic carbocycles. The Labute approximate surface area is 109 Å². The van der Waals surface area contributed by atoms with Crippen molar-refractivity contribution < 1.29 is 0 Å². The number of halogens is 2. The van der Waals surface area contributed by atoms with Crippen LogP contribution in [0.15, 0.2) is 58.5 Å². The number of hydrogen-bond donors (Lipinski definition) is 0. The van der Waals surface area contributed by atoms with E-state index in [1.54, 1.807) is 24.3 Å². The molecule has 0 unspecified atom stereocenters. The maximum absolute atomic E-state index is 5.83. The van der Waals surface area contributed by atoms with Crippen molar-refractivity contribution in [3.05, 3.63) is 58.6 Å². The van der Waals surface area contributed by atoms with E-state index in [2.05, 4.69) is 16.0 Å². The van der Waals surface area contributed by atoms with Crippen LogP contribution < -0.4 is 0 Å². The Morgan fingerprint density at radius 3 is 1.65 bits per heavy atom. The van der Waals surface area contributed by atoms with Crippen LogP contribution in [-0.2, 0) is 0 Å². The van der Waals surface area contributed by atoms with Crippen molar-refractivity contribution >= 4 is 40.6 Å². The Kier molecular flexibility index (Phi) is 3.94. The first-order valence-electron chi connectivity index (χ1n) is 4.92. The second-order valence-electron chi connectivity index (χ2n) is 3.28. The summed E-state index contributed by atoms with van der Waals surface area (Å²) in [5, 5.41) is 1.27. The van der Waals surface area contributed by atoms with Crippen LogP contribution in [0.25, 0.3) is 0 Å². The van der Waals surface area contributed by atoms with Crippen LogP contribution in [0.2, 0.25) is 10.0 Å². The van der Waals surface area contributed by atoms with Gasteiger partial charge < -0.3 is 0 Å². The normalized spacial score (nSPS) is 9.53. The quantitative estimate of drug-likeness (QED) is 0.671. The molecular weight excluding hydrogens is 255 g/mol. The molecular formula is C13H8Cl2N2. The number of aliphatic imine (C=N–C) groups is 2. The summed E-state index contributed by atoms with van der Waals surface area (Å²) in [5.41, 5.74) is 1.42. The van der Waals surface area contributed by atoms with E-state index in [0.29, 0.717) is 21.4 Å². The van der Waals surface area contributed by atoms with Gasteiger partial charge in [0.05, 0.1) is 11.4 Å². The van der Waals surface area contributed by atoms with E-state index < -0.39 is 0 Å². The van der Waals surface area contributed by atoms with Gasteiger partial charge in [0.15, 0.2) is 0 Å². The third-order valence-electron chi connectivity index (χ3n) is 1.97. The van der Waals surface area contributed by atoms with Gasteiger partial charge in [0.25, 0.3) is 0 Å². The summed E-state index contributed by atoms with van der Waals surface area (Å²) in [5.74, 6) is 0. The standard InChI is InChI=1S/C13H8Cl2N2/c14-10-3-1-5-12(7-10)16-9-17-13-6-2-4-11(15)8-13/h1-8H. The fraction of sp³-hybridized carbons (Fsp3) is 0. The average molecular weight is 263 g/mol. The third-order valence-corrected chi connectivity index (χ3v) is 2.44. The van der Waals surface area contributed by atoms with E-state index >= 15 is 0 Å². The monoisotopic (exact) mass is 262 g/mol. The summed E-state index contributed by atoms with van der Waals surface area (Å²) in [4.78, 5) is 8.10. The summed E-state index contributed by atoms with van der Waals surface area (Å²) in [7, 11) is 0. The topological polar surface area (TPSA) is 24.7 Å². The van der Waals surface area contributed by atoms with Gasteiger partial charge in [0.1, 0.15) is 6.01 Å². The van der Waals surface area contributed by atoms with Crippen LogP contribution in [0.3, 0.4) is 0 Å². The molecule has 17 heavy (non-hydrogen) atoms. The minimum atomic E-state index is 0.635. The van der Waals surface area contributed by atoms with Crippen molar-refractivity contribution in [3.8, 4) is 0 Å². The maximum atomic E-state index is 5.83. The zero-order valence-corrected chi connectivity index (χ0v) is 10.3. The lowest BCUT2D eigenvalue weighted by Crippen LogP contribution is -1.66. The predicted octanol–water partition coefficient (Wildman–Crippen LogP) is 5.13. The van der Waals surface area contributed by atoms with Crippen LogP contribution >= 0.6 is 23.2 Å². The summed E-state index contributed by atoms with van der Waals surface area (Å²) >= 11 is 11.7. The van der Waals surface area contributed by atoms with Gasteiger partial charge in [-0.25, -0.2) is 0 Å². The zero-order chi connectivity index (χ0) is 12.1. The van der Waals surface area contributed by atoms with Crippen molar-refractivity contribution in [2.75, 3.05) is 0 Å². The Balaban J connectivity index is 2.21. The van der Waals surface area contributed by atoms with Crippen molar-refractivity contribution in [3.63, 3.8) is 0 Å². The molecule has 0 heterocycles. The van der Waals surface area contributed by atoms with Gasteiger partial charge >= 0.3 is 0 Å². The second kappa shape index (κ2) is 5.65. The van der Waals surface area contributed by atoms with Gasteiger partial charge in [-0.3, -0.25) is 0 Å². The largest absolute Gasteiger partial charge is 0.187 e. The third kappa shape index (κ3) is 3.72. The first kappa shape index (κ1) is 11.9. The molecule has 2 nitrogen and oxygen atoms in total. The first-order chi connectivity index (χ1) is 8.24. The molecule has 0 atom stereocenters. The van der Waals surface area contributed by atoms with Gasteiger partial charge in [-0.1, -0.05) is 35.3 Å². The molecule has 0 fully saturated rings. The minimum absolute atomic E-state index is 0.635. The van der Waals surface area contributed by atoms with Crippen molar-refractivity contribution in [2.45, 2.75) is 0 Å². The average Bonchev–Trinajstić information content (AvgIpc) is 2.29. The van der Waals surface area contributed by atoms with Crippen LogP contribution in [0, 0.1) is 0 Å². The molecule has 4 heteroatoms. The van der Waals surface area contributed by atoms with Gasteiger partial charge in [-0.15, -0.1) is 0 Å². The molecule has 2 rings (SSSR count). The van der Waals surface area contributed by atoms with Crippen LogP contribution in [0.4, 0.5) is 11.4 Å². The second-order valence-corrected chi connectivity index (χ2v) is 4.16. The van der Waals surface area contributed by atoms with Gasteiger partial charge in [0, 0.05) is 10.0 Å². The van der Waals surface area contributed by atoms with Crippen LogP contribution in [0.1, 0.15) is 0 Å². The molecule has 0 radical (unpaired) electrons. The summed E-state index contributed by atoms with van der Waals surface area (Å²) in [6, 6.07) is 16.9. The molecule has 0 N–H and O–H groups in total. The van der Waals surface area contributed by atoms with Gasteiger partial charge in [-0.2, -0.15) is 9.98 Å². The van der Waals surface area contributed by atoms with Gasteiger partial charge in [0.2, 0.25) is 0 Å². The number of rotatable bonds is 2. The highest BCUT2D eigenvalue weighted by atomic mass is 35.5. The van der Waals surface area contributed by atoms with Crippen molar-refractivity contribution in [1.82, 2.24) is 0 Å². The number of hydrogen-bond acceptors (Lipinski definition) is 2. The molecule has 0 spiro atoms. The molecule has 0 saturated heterocycles. The smallest absolute Gasteiger partial charge is 0.100 e. The lowest BCUT2D eigenvalue weighted by atomic mass is 10.3. The van der Waals surface area contributed by atoms with E-state index in [1.807, 2.05) is 24.3 Å². The zero-order valence-electron chi connectivity index (χ0n) is 8.77. The van der Waals surface area contributed by atoms with Crippen LogP contribution in [0.5, 0.6) is 0 Å². The number of nitrogens with zero attached hydrogens (tertiary/aromatic N) is 2. The van der Waals surface area contributed by atoms with E-state index in [9.17, 15) is 0 Å². The van der Waals surface area contributed by atoms with E-state index in [0.717, 1.165) is 0 Å². The summed E-state index contributed by atoms with van der Waals surface area (Å²) < 4.78 is 0. The Bertz CT molecular complexity index is 538. The SMILES string of the molecule is Clc1cccc(N=C=Nc2cccc(Cl)c2)c1. The Morgan fingerprint density at radius 1 is 0.765 bits per heavy atom. The molecule has 0 aliphatic carbocycles. The predicted molar refractivity (Wildman–Crippen MR) is 72.1 cm³/mol. The molecule has 0 aromatic heterocycles. The van der Waals surface area contributed by atoms with E-state index in [1.165, 1.54) is 0 Å². The molecule has 2 aromatic rings. The number of benzene rings is 2. The molecule has 0 saturated carbocycles. The summed E-state index contributed by atoms with van der Waals surface area (Å²) in [6.45, 7) is 0. The van der Waals surface area contributed by atoms with E-state index in [4.69, 9.17) is 23.2 Å². The maximum Gasteiger partial charge on any atom is 0.100 e. The molecule has 0 bridgehead atoms. The minimum Gasteiger partial charge on any atom is -0.187 e. The fourth-order valence-electron chi connectivity index (χ4n) is 1.23. The fourth-order valence-corrected chi connectivity index (χ4v) is 1.60. The summed E-state index contributed by atoms with van der Waals surface area (Å²) in [6.07, 6.45) is 0. The molecule has 0 amide bonds. The highest BCUT2D eigenvalue weighted by Gasteiger charge is 1.90. The molecule has 0 aliphatic heterocycles. The lowest BCUT2D eigenvalue weighted by Gasteiger charge is -1.91.